The zero-order valence-electron chi connectivity index (χ0n) is 27.0. The molecule has 0 saturated carbocycles. The van der Waals surface area contributed by atoms with Gasteiger partial charge in [-0.15, -0.1) is 0 Å². The predicted octanol–water partition coefficient (Wildman–Crippen LogP) is 10.8. The third-order valence-corrected chi connectivity index (χ3v) is 9.09. The van der Waals surface area contributed by atoms with E-state index in [1.165, 1.54) is 43.1 Å². The maximum Gasteiger partial charge on any atom is 0.0412 e. The van der Waals surface area contributed by atoms with Crippen LogP contribution in [0.2, 0.25) is 0 Å². The quantitative estimate of drug-likeness (QED) is 0.147. The summed E-state index contributed by atoms with van der Waals surface area (Å²) in [5.41, 5.74) is 7.66. The van der Waals surface area contributed by atoms with Gasteiger partial charge in [-0.25, -0.2) is 0 Å². The van der Waals surface area contributed by atoms with E-state index in [-0.39, 0.29) is 0 Å². The highest BCUT2D eigenvalue weighted by atomic mass is 14.2. The first-order valence-corrected chi connectivity index (χ1v) is 16.6. The van der Waals surface area contributed by atoms with Crippen LogP contribution in [0, 0.1) is 47.4 Å². The first-order chi connectivity index (χ1) is 24.8. The number of rotatable bonds is 0. The van der Waals surface area contributed by atoms with Crippen LogP contribution in [-0.2, 0) is 0 Å². The van der Waals surface area contributed by atoms with Gasteiger partial charge in [0, 0.05) is 44.5 Å². The summed E-state index contributed by atoms with van der Waals surface area (Å²) in [6.45, 7) is 0. The van der Waals surface area contributed by atoms with Gasteiger partial charge in [0.05, 0.1) is 0 Å². The van der Waals surface area contributed by atoms with Crippen LogP contribution < -0.4 is 0 Å². The Hall–Kier alpha value is -7.22. The molecule has 226 valence electrons. The first-order valence-electron chi connectivity index (χ1n) is 16.6. The molecule has 0 nitrogen and oxygen atoms in total. The number of benzene rings is 7. The molecule has 0 saturated heterocycles. The Balaban J connectivity index is 1.20. The van der Waals surface area contributed by atoms with Gasteiger partial charge in [0.2, 0.25) is 0 Å². The summed E-state index contributed by atoms with van der Waals surface area (Å²) in [7, 11) is 0. The van der Waals surface area contributed by atoms with Crippen molar-refractivity contribution < 1.29 is 0 Å². The second-order valence-corrected chi connectivity index (χ2v) is 12.3. The van der Waals surface area contributed by atoms with Crippen LogP contribution in [0.1, 0.15) is 44.5 Å². The fourth-order valence-corrected chi connectivity index (χ4v) is 6.51. The van der Waals surface area contributed by atoms with Crippen molar-refractivity contribution in [3.05, 3.63) is 202 Å². The van der Waals surface area contributed by atoms with Crippen molar-refractivity contribution >= 4 is 43.1 Å². The van der Waals surface area contributed by atoms with Crippen LogP contribution in [0.4, 0.5) is 0 Å². The summed E-state index contributed by atoms with van der Waals surface area (Å²) in [6, 6.07) is 54.0. The zero-order valence-corrected chi connectivity index (χ0v) is 27.0. The summed E-state index contributed by atoms with van der Waals surface area (Å²) in [5.74, 6) is 27.2. The smallest absolute Gasteiger partial charge is 0.0412 e. The molecule has 0 heterocycles. The molecule has 0 aliphatic carbocycles. The van der Waals surface area contributed by atoms with Crippen LogP contribution in [0.5, 0.6) is 0 Å². The molecule has 0 unspecified atom stereocenters. The summed E-state index contributed by atoms with van der Waals surface area (Å²) in [4.78, 5) is 0. The lowest BCUT2D eigenvalue weighted by Crippen LogP contribution is -1.95. The molecule has 50 heavy (non-hydrogen) atoms. The van der Waals surface area contributed by atoms with Crippen LogP contribution in [0.15, 0.2) is 158 Å². The molecule has 0 aromatic heterocycles. The van der Waals surface area contributed by atoms with E-state index in [2.05, 4.69) is 83.8 Å². The van der Waals surface area contributed by atoms with E-state index in [9.17, 15) is 0 Å². The van der Waals surface area contributed by atoms with Gasteiger partial charge in [-0.2, -0.15) is 0 Å². The molecule has 0 spiro atoms. The van der Waals surface area contributed by atoms with Crippen LogP contribution in [-0.4, -0.2) is 0 Å². The van der Waals surface area contributed by atoms with Gasteiger partial charge < -0.3 is 0 Å². The molecular weight excluding hydrogens is 601 g/mol. The summed E-state index contributed by atoms with van der Waals surface area (Å²) in [5, 5.41) is 9.86. The van der Waals surface area contributed by atoms with Crippen molar-refractivity contribution in [2.75, 3.05) is 0 Å². The third kappa shape index (κ3) is 5.45. The molecule has 9 aromatic carbocycles. The van der Waals surface area contributed by atoms with Crippen LogP contribution in [0.3, 0.4) is 0 Å². The van der Waals surface area contributed by atoms with E-state index < -0.39 is 0 Å². The number of hydrogen-bond acceptors (Lipinski definition) is 0. The highest BCUT2D eigenvalue weighted by Crippen LogP contribution is 2.45. The monoisotopic (exact) mass is 626 g/mol. The maximum atomic E-state index is 3.44. The second-order valence-electron chi connectivity index (χ2n) is 12.3. The first kappa shape index (κ1) is 29.0. The Labute approximate surface area is 291 Å². The Morgan fingerprint density at radius 3 is 0.620 bits per heavy atom. The van der Waals surface area contributed by atoms with Gasteiger partial charge in [0.1, 0.15) is 0 Å². The summed E-state index contributed by atoms with van der Waals surface area (Å²) in [6.07, 6.45) is 0. The van der Waals surface area contributed by atoms with E-state index >= 15 is 0 Å². The lowest BCUT2D eigenvalue weighted by molar-refractivity contribution is 1.61. The van der Waals surface area contributed by atoms with Crippen molar-refractivity contribution in [2.45, 2.75) is 0 Å². The molecule has 9 aromatic rings. The SMILES string of the molecule is C(#Cc1cc2c(cc1C#Cc1ccccc1)c1cc3c4cc(C#Cc5ccccc5)c(C#Cc5ccccc5)cc4c3cc21)c1ccccc1. The van der Waals surface area contributed by atoms with E-state index in [1.54, 1.807) is 0 Å². The third-order valence-electron chi connectivity index (χ3n) is 9.09. The summed E-state index contributed by atoms with van der Waals surface area (Å²) >= 11 is 0. The van der Waals surface area contributed by atoms with Crippen LogP contribution in [0.25, 0.3) is 43.1 Å². The molecule has 0 amide bonds. The minimum absolute atomic E-state index is 0.935. The fraction of sp³-hybridized carbons (Fsp3) is 0. The standard InChI is InChI=1S/C50H26/c1-5-13-35(14-6-1)21-25-39-29-43-44(30-40(39)26-22-36-15-7-2-8-16-36)48-34-50-46-32-42(28-24-38-19-11-4-12-20-38)41(27-23-37-17-9-3-10-18-37)31-45(46)49(50)33-47(43)48/h1-20,29-34H. The normalized spacial score (nSPS) is 10.6. The van der Waals surface area contributed by atoms with Crippen molar-refractivity contribution in [3.63, 3.8) is 0 Å². The van der Waals surface area contributed by atoms with E-state index in [0.29, 0.717) is 0 Å². The van der Waals surface area contributed by atoms with E-state index in [0.717, 1.165) is 44.5 Å². The van der Waals surface area contributed by atoms with Crippen molar-refractivity contribution in [1.29, 1.82) is 0 Å². The van der Waals surface area contributed by atoms with Gasteiger partial charge in [0.15, 0.2) is 0 Å². The van der Waals surface area contributed by atoms with E-state index in [1.807, 2.05) is 121 Å². The largest absolute Gasteiger partial charge is 0.0622 e. The number of hydrogen-bond donors (Lipinski definition) is 0. The molecule has 0 radical (unpaired) electrons. The molecule has 0 fully saturated rings. The molecule has 0 heteroatoms. The molecule has 0 atom stereocenters. The number of fused-ring (bicyclic) bond motifs is 8. The van der Waals surface area contributed by atoms with Gasteiger partial charge in [0.25, 0.3) is 0 Å². The van der Waals surface area contributed by atoms with Gasteiger partial charge in [-0.3, -0.25) is 0 Å². The highest BCUT2D eigenvalue weighted by molar-refractivity contribution is 6.35. The molecule has 9 rings (SSSR count). The Kier molecular flexibility index (Phi) is 7.20. The molecule has 0 N–H and O–H groups in total. The Bertz CT molecular complexity index is 2530. The Morgan fingerprint density at radius 1 is 0.200 bits per heavy atom. The van der Waals surface area contributed by atoms with Crippen molar-refractivity contribution in [2.24, 2.45) is 0 Å². The van der Waals surface area contributed by atoms with Gasteiger partial charge in [-0.05, 0) is 128 Å². The molecule has 0 aliphatic rings. The lowest BCUT2D eigenvalue weighted by atomic mass is 9.83. The predicted molar refractivity (Wildman–Crippen MR) is 209 cm³/mol. The topological polar surface area (TPSA) is 0 Å². The molecule has 0 aliphatic heterocycles. The average molecular weight is 627 g/mol. The van der Waals surface area contributed by atoms with E-state index in [4.69, 9.17) is 0 Å². The van der Waals surface area contributed by atoms with Crippen molar-refractivity contribution in [1.82, 2.24) is 0 Å². The maximum absolute atomic E-state index is 3.44. The van der Waals surface area contributed by atoms with Gasteiger partial charge in [-0.1, -0.05) is 120 Å². The minimum Gasteiger partial charge on any atom is -0.0622 e. The fourth-order valence-electron chi connectivity index (χ4n) is 6.51. The minimum atomic E-state index is 0.935. The van der Waals surface area contributed by atoms with Gasteiger partial charge >= 0.3 is 0 Å². The van der Waals surface area contributed by atoms with Crippen LogP contribution >= 0.6 is 0 Å². The Morgan fingerprint density at radius 2 is 0.400 bits per heavy atom. The lowest BCUT2D eigenvalue weighted by Gasteiger charge is -2.19. The summed E-state index contributed by atoms with van der Waals surface area (Å²) < 4.78 is 0. The average Bonchev–Trinajstić information content (AvgIpc) is 3.17. The molecular formula is C50H26. The molecule has 0 bridgehead atoms. The van der Waals surface area contributed by atoms with Crippen molar-refractivity contribution in [3.8, 4) is 47.4 Å². The highest BCUT2D eigenvalue weighted by Gasteiger charge is 2.19. The zero-order chi connectivity index (χ0) is 33.3. The second kappa shape index (κ2) is 12.4.